The Bertz CT molecular complexity index is 293. The van der Waals surface area contributed by atoms with Crippen molar-refractivity contribution in [3.05, 3.63) is 35.4 Å². The summed E-state index contributed by atoms with van der Waals surface area (Å²) in [6.45, 7) is 2.06. The van der Waals surface area contributed by atoms with Crippen molar-refractivity contribution in [1.29, 1.82) is 0 Å². The van der Waals surface area contributed by atoms with E-state index < -0.39 is 0 Å². The van der Waals surface area contributed by atoms with Gasteiger partial charge in [-0.15, -0.1) is 11.8 Å². The Morgan fingerprint density at radius 3 is 2.57 bits per heavy atom. The lowest BCUT2D eigenvalue weighted by Gasteiger charge is -2.01. The van der Waals surface area contributed by atoms with E-state index in [1.807, 2.05) is 0 Å². The van der Waals surface area contributed by atoms with Gasteiger partial charge in [0, 0.05) is 5.75 Å². The molecule has 0 aliphatic carbocycles. The van der Waals surface area contributed by atoms with Crippen LogP contribution in [0.2, 0.25) is 0 Å². The van der Waals surface area contributed by atoms with E-state index in [1.54, 1.807) is 11.8 Å². The van der Waals surface area contributed by atoms with Gasteiger partial charge in [-0.25, -0.2) is 0 Å². The fourth-order valence-electron chi connectivity index (χ4n) is 0.995. The smallest absolute Gasteiger partial charge is 0.315 e. The predicted octanol–water partition coefficient (Wildman–Crippen LogP) is 2.40. The molecular weight excluding hydrogens is 196 g/mol. The van der Waals surface area contributed by atoms with Crippen molar-refractivity contribution in [2.75, 3.05) is 12.9 Å². The van der Waals surface area contributed by atoms with Crippen LogP contribution in [0.3, 0.4) is 0 Å². The summed E-state index contributed by atoms with van der Waals surface area (Å²) in [4.78, 5) is 10.8. The van der Waals surface area contributed by atoms with E-state index in [0.29, 0.717) is 5.75 Å². The van der Waals surface area contributed by atoms with Crippen LogP contribution in [0.1, 0.15) is 11.1 Å². The summed E-state index contributed by atoms with van der Waals surface area (Å²) in [5.41, 5.74) is 2.50. The van der Waals surface area contributed by atoms with E-state index in [0.717, 1.165) is 5.75 Å². The first-order valence-corrected chi connectivity index (χ1v) is 5.58. The quantitative estimate of drug-likeness (QED) is 0.714. The maximum Gasteiger partial charge on any atom is 0.315 e. The molecule has 1 aromatic rings. The van der Waals surface area contributed by atoms with Gasteiger partial charge in [-0.3, -0.25) is 4.79 Å². The molecule has 0 spiro atoms. The largest absolute Gasteiger partial charge is 0.468 e. The van der Waals surface area contributed by atoms with Gasteiger partial charge in [-0.05, 0) is 12.5 Å². The van der Waals surface area contributed by atoms with Gasteiger partial charge in [0.1, 0.15) is 0 Å². The molecular formula is C11H14O2S. The van der Waals surface area contributed by atoms with Crippen LogP contribution in [0.4, 0.5) is 0 Å². The highest BCUT2D eigenvalue weighted by Gasteiger charge is 2.00. The van der Waals surface area contributed by atoms with Crippen molar-refractivity contribution in [2.24, 2.45) is 0 Å². The number of rotatable bonds is 4. The Morgan fingerprint density at radius 2 is 2.00 bits per heavy atom. The lowest BCUT2D eigenvalue weighted by molar-refractivity contribution is -0.137. The molecule has 0 saturated heterocycles. The van der Waals surface area contributed by atoms with E-state index in [9.17, 15) is 4.79 Å². The number of methoxy groups -OCH3 is 1. The third-order valence-electron chi connectivity index (χ3n) is 1.84. The average molecular weight is 210 g/mol. The second kappa shape index (κ2) is 5.70. The highest BCUT2D eigenvalue weighted by molar-refractivity contribution is 7.99. The van der Waals surface area contributed by atoms with Gasteiger partial charge in [0.2, 0.25) is 0 Å². The summed E-state index contributed by atoms with van der Waals surface area (Å²) >= 11 is 1.57. The summed E-state index contributed by atoms with van der Waals surface area (Å²) < 4.78 is 4.55. The zero-order valence-electron chi connectivity index (χ0n) is 8.45. The van der Waals surface area contributed by atoms with E-state index in [1.165, 1.54) is 18.2 Å². The molecule has 0 fully saturated rings. The van der Waals surface area contributed by atoms with Crippen molar-refractivity contribution in [2.45, 2.75) is 12.7 Å². The number of thioether (sulfide) groups is 1. The number of hydrogen-bond acceptors (Lipinski definition) is 3. The molecule has 1 aromatic carbocycles. The van der Waals surface area contributed by atoms with E-state index >= 15 is 0 Å². The second-order valence-electron chi connectivity index (χ2n) is 3.05. The summed E-state index contributed by atoms with van der Waals surface area (Å²) in [5, 5.41) is 0. The molecule has 1 rings (SSSR count). The summed E-state index contributed by atoms with van der Waals surface area (Å²) in [6.07, 6.45) is 0. The van der Waals surface area contributed by atoms with Gasteiger partial charge in [0.05, 0.1) is 12.9 Å². The highest BCUT2D eigenvalue weighted by Crippen LogP contribution is 2.12. The molecule has 0 amide bonds. The number of hydrogen-bond donors (Lipinski definition) is 0. The zero-order valence-corrected chi connectivity index (χ0v) is 9.26. The molecule has 3 heteroatoms. The number of ether oxygens (including phenoxy) is 1. The van der Waals surface area contributed by atoms with Crippen LogP contribution in [0, 0.1) is 6.92 Å². The van der Waals surface area contributed by atoms with Gasteiger partial charge >= 0.3 is 5.97 Å². The lowest BCUT2D eigenvalue weighted by atomic mass is 10.2. The monoisotopic (exact) mass is 210 g/mol. The summed E-state index contributed by atoms with van der Waals surface area (Å²) in [6, 6.07) is 8.32. The Kier molecular flexibility index (Phi) is 4.53. The molecule has 0 aliphatic rings. The topological polar surface area (TPSA) is 26.3 Å². The van der Waals surface area contributed by atoms with Crippen LogP contribution in [-0.4, -0.2) is 18.8 Å². The lowest BCUT2D eigenvalue weighted by Crippen LogP contribution is -2.03. The SMILES string of the molecule is COC(=O)CSCc1ccc(C)cc1. The summed E-state index contributed by atoms with van der Waals surface area (Å²) in [5.74, 6) is 1.11. The molecule has 0 saturated carbocycles. The molecule has 2 nitrogen and oxygen atoms in total. The minimum absolute atomic E-state index is 0.165. The third kappa shape index (κ3) is 3.83. The Hall–Kier alpha value is -0.960. The van der Waals surface area contributed by atoms with Crippen molar-refractivity contribution in [3.63, 3.8) is 0 Å². The Balaban J connectivity index is 2.31. The second-order valence-corrected chi connectivity index (χ2v) is 4.04. The molecule has 0 aliphatic heterocycles. The predicted molar refractivity (Wildman–Crippen MR) is 59.4 cm³/mol. The molecule has 14 heavy (non-hydrogen) atoms. The number of benzene rings is 1. The van der Waals surface area contributed by atoms with E-state index in [4.69, 9.17) is 0 Å². The van der Waals surface area contributed by atoms with Crippen molar-refractivity contribution in [1.82, 2.24) is 0 Å². The maximum atomic E-state index is 10.8. The van der Waals surface area contributed by atoms with Gasteiger partial charge in [0.15, 0.2) is 0 Å². The molecule has 0 atom stereocenters. The molecule has 76 valence electrons. The number of carbonyl (C=O) groups excluding carboxylic acids is 1. The first-order valence-electron chi connectivity index (χ1n) is 4.42. The van der Waals surface area contributed by atoms with Gasteiger partial charge in [-0.2, -0.15) is 0 Å². The molecule has 0 radical (unpaired) electrons. The van der Waals surface area contributed by atoms with E-state index in [-0.39, 0.29) is 5.97 Å². The number of aryl methyl sites for hydroxylation is 1. The Labute approximate surface area is 88.7 Å². The van der Waals surface area contributed by atoms with E-state index in [2.05, 4.69) is 35.9 Å². The van der Waals surface area contributed by atoms with Crippen LogP contribution in [0.25, 0.3) is 0 Å². The van der Waals surface area contributed by atoms with Crippen molar-refractivity contribution >= 4 is 17.7 Å². The fourth-order valence-corrected chi connectivity index (χ4v) is 1.81. The maximum absolute atomic E-state index is 10.8. The molecule has 0 N–H and O–H groups in total. The van der Waals surface area contributed by atoms with Gasteiger partial charge < -0.3 is 4.74 Å². The number of carbonyl (C=O) groups is 1. The normalized spacial score (nSPS) is 9.86. The number of esters is 1. The van der Waals surface area contributed by atoms with Crippen LogP contribution in [-0.2, 0) is 15.3 Å². The molecule has 0 heterocycles. The minimum atomic E-state index is -0.165. The average Bonchev–Trinajstić information content (AvgIpc) is 2.21. The van der Waals surface area contributed by atoms with Crippen LogP contribution < -0.4 is 0 Å². The van der Waals surface area contributed by atoms with Crippen molar-refractivity contribution < 1.29 is 9.53 Å². The van der Waals surface area contributed by atoms with Crippen LogP contribution >= 0.6 is 11.8 Å². The first-order chi connectivity index (χ1) is 6.72. The molecule has 0 unspecified atom stereocenters. The first kappa shape index (κ1) is 11.1. The minimum Gasteiger partial charge on any atom is -0.468 e. The fraction of sp³-hybridized carbons (Fsp3) is 0.364. The van der Waals surface area contributed by atoms with Crippen LogP contribution in [0.15, 0.2) is 24.3 Å². The Morgan fingerprint density at radius 1 is 1.36 bits per heavy atom. The van der Waals surface area contributed by atoms with Gasteiger partial charge in [0.25, 0.3) is 0 Å². The standard InChI is InChI=1S/C11H14O2S/c1-9-3-5-10(6-4-9)7-14-8-11(12)13-2/h3-6H,7-8H2,1-2H3. The zero-order chi connectivity index (χ0) is 10.4. The molecule has 0 aromatic heterocycles. The molecule has 0 bridgehead atoms. The van der Waals surface area contributed by atoms with Crippen molar-refractivity contribution in [3.8, 4) is 0 Å². The highest BCUT2D eigenvalue weighted by atomic mass is 32.2. The summed E-state index contributed by atoms with van der Waals surface area (Å²) in [7, 11) is 1.41. The third-order valence-corrected chi connectivity index (χ3v) is 2.81. The van der Waals surface area contributed by atoms with Gasteiger partial charge in [-0.1, -0.05) is 29.8 Å². The van der Waals surface area contributed by atoms with Crippen LogP contribution in [0.5, 0.6) is 0 Å².